The lowest BCUT2D eigenvalue weighted by Gasteiger charge is -2.29. The Hall–Kier alpha value is -3.89. The van der Waals surface area contributed by atoms with Gasteiger partial charge in [0.2, 0.25) is 0 Å². The monoisotopic (exact) mass is 562 g/mol. The number of aliphatic hydroxyl groups excluding tert-OH is 1. The van der Waals surface area contributed by atoms with Gasteiger partial charge in [0.1, 0.15) is 11.3 Å². The predicted octanol–water partition coefficient (Wildman–Crippen LogP) is 3.97. The first-order valence-corrected chi connectivity index (χ1v) is 14.4. The molecule has 0 aliphatic carbocycles. The first-order chi connectivity index (χ1) is 19.9. The van der Waals surface area contributed by atoms with Gasteiger partial charge in [-0.15, -0.1) is 0 Å². The number of rotatable bonds is 11. The van der Waals surface area contributed by atoms with Gasteiger partial charge in [0, 0.05) is 32.4 Å². The fraction of sp³-hybridized carbons (Fsp3) is 0.452. The molecular weight excluding hydrogens is 524 g/mol. The number of amides is 1. The molecule has 2 aliphatic rings. The largest absolute Gasteiger partial charge is 0.505 e. The minimum absolute atomic E-state index is 0.0415. The van der Waals surface area contributed by atoms with Crippen LogP contribution in [0.3, 0.4) is 0 Å². The summed E-state index contributed by atoms with van der Waals surface area (Å²) < 4.78 is 19.0. The number of benzene rings is 1. The second kappa shape index (κ2) is 12.7. The van der Waals surface area contributed by atoms with Crippen LogP contribution in [0.4, 0.5) is 0 Å². The van der Waals surface area contributed by atoms with Crippen molar-refractivity contribution in [3.63, 3.8) is 0 Å². The maximum atomic E-state index is 13.6. The van der Waals surface area contributed by atoms with Gasteiger partial charge in [-0.05, 0) is 56.5 Å². The molecule has 0 saturated carbocycles. The number of Topliss-reactive ketones (excluding diaryl/α,β-unsaturated/α-hetero) is 1. The summed E-state index contributed by atoms with van der Waals surface area (Å²) in [6.45, 7) is 10.9. The van der Waals surface area contributed by atoms with Gasteiger partial charge in [-0.25, -0.2) is 4.98 Å². The van der Waals surface area contributed by atoms with E-state index in [-0.39, 0.29) is 11.3 Å². The number of carbonyl (C=O) groups excluding carboxylic acids is 2. The van der Waals surface area contributed by atoms with E-state index in [1.54, 1.807) is 22.4 Å². The quantitative estimate of drug-likeness (QED) is 0.213. The van der Waals surface area contributed by atoms with Crippen LogP contribution in [0.5, 0.6) is 11.5 Å². The standard InChI is InChI=1S/C31H38N4O6/c1-4-17-41-23-11-10-22(20-24(23)40-5-2)28-26(29(36)27-21(3)32-25-9-6-7-13-34(25)27)30(37)31(38)35(28)14-8-12-33-15-18-39-19-16-33/h6-7,9-11,13,20,28,36H,4-5,8,12,14-19H2,1-3H3/b29-26+. The summed E-state index contributed by atoms with van der Waals surface area (Å²) in [6.07, 6.45) is 3.30. The number of carbonyl (C=O) groups is 2. The Morgan fingerprint density at radius 2 is 1.88 bits per heavy atom. The Morgan fingerprint density at radius 3 is 2.63 bits per heavy atom. The summed E-state index contributed by atoms with van der Waals surface area (Å²) >= 11 is 0. The van der Waals surface area contributed by atoms with Gasteiger partial charge < -0.3 is 24.2 Å². The number of hydrogen-bond acceptors (Lipinski definition) is 8. The van der Waals surface area contributed by atoms with E-state index in [9.17, 15) is 14.7 Å². The fourth-order valence-corrected chi connectivity index (χ4v) is 5.57. The molecule has 218 valence electrons. The Balaban J connectivity index is 1.58. The topological polar surface area (TPSA) is 106 Å². The van der Waals surface area contributed by atoms with E-state index in [2.05, 4.69) is 9.88 Å². The molecule has 1 atom stereocenters. The highest BCUT2D eigenvalue weighted by Gasteiger charge is 2.46. The van der Waals surface area contributed by atoms with Crippen molar-refractivity contribution < 1.29 is 28.9 Å². The number of fused-ring (bicyclic) bond motifs is 1. The molecule has 2 fully saturated rings. The van der Waals surface area contributed by atoms with Crippen LogP contribution < -0.4 is 9.47 Å². The Kier molecular flexibility index (Phi) is 8.90. The van der Waals surface area contributed by atoms with Crippen LogP contribution >= 0.6 is 0 Å². The highest BCUT2D eigenvalue weighted by molar-refractivity contribution is 6.46. The molecule has 0 spiro atoms. The molecule has 1 amide bonds. The molecule has 1 aromatic carbocycles. The van der Waals surface area contributed by atoms with E-state index in [1.165, 1.54) is 0 Å². The van der Waals surface area contributed by atoms with Crippen molar-refractivity contribution in [1.29, 1.82) is 0 Å². The molecule has 3 aromatic rings. The second-order valence-corrected chi connectivity index (χ2v) is 10.3. The zero-order chi connectivity index (χ0) is 28.9. The smallest absolute Gasteiger partial charge is 0.295 e. The molecule has 5 rings (SSSR count). The van der Waals surface area contributed by atoms with Crippen molar-refractivity contribution in [2.75, 3.05) is 52.6 Å². The molecule has 2 aromatic heterocycles. The summed E-state index contributed by atoms with van der Waals surface area (Å²) in [5.74, 6) is -0.463. The van der Waals surface area contributed by atoms with Gasteiger partial charge in [0.05, 0.1) is 43.7 Å². The summed E-state index contributed by atoms with van der Waals surface area (Å²) in [7, 11) is 0. The van der Waals surface area contributed by atoms with Gasteiger partial charge in [-0.2, -0.15) is 0 Å². The third kappa shape index (κ3) is 5.80. The number of aromatic nitrogens is 2. The lowest BCUT2D eigenvalue weighted by atomic mass is 9.95. The van der Waals surface area contributed by atoms with Crippen LogP contribution in [0, 0.1) is 6.92 Å². The summed E-state index contributed by atoms with van der Waals surface area (Å²) in [5, 5.41) is 11.7. The molecule has 1 N–H and O–H groups in total. The summed E-state index contributed by atoms with van der Waals surface area (Å²) in [4.78, 5) is 35.6. The lowest BCUT2D eigenvalue weighted by Crippen LogP contribution is -2.39. The van der Waals surface area contributed by atoms with Crippen molar-refractivity contribution in [2.24, 2.45) is 0 Å². The Morgan fingerprint density at radius 1 is 1.07 bits per heavy atom. The maximum absolute atomic E-state index is 13.6. The number of aryl methyl sites for hydroxylation is 1. The highest BCUT2D eigenvalue weighted by Crippen LogP contribution is 2.42. The molecule has 41 heavy (non-hydrogen) atoms. The third-order valence-corrected chi connectivity index (χ3v) is 7.49. The minimum atomic E-state index is -0.798. The van der Waals surface area contributed by atoms with Crippen molar-refractivity contribution in [1.82, 2.24) is 19.2 Å². The van der Waals surface area contributed by atoms with E-state index >= 15 is 0 Å². The van der Waals surface area contributed by atoms with E-state index in [0.29, 0.717) is 73.5 Å². The second-order valence-electron chi connectivity index (χ2n) is 10.3. The summed E-state index contributed by atoms with van der Waals surface area (Å²) in [5.41, 5.74) is 2.30. The van der Waals surface area contributed by atoms with E-state index in [1.807, 2.05) is 50.2 Å². The zero-order valence-corrected chi connectivity index (χ0v) is 24.0. The van der Waals surface area contributed by atoms with Crippen molar-refractivity contribution in [3.8, 4) is 11.5 Å². The van der Waals surface area contributed by atoms with Crippen LogP contribution in [-0.4, -0.2) is 88.6 Å². The van der Waals surface area contributed by atoms with Crippen LogP contribution in [0.25, 0.3) is 11.4 Å². The number of imidazole rings is 1. The van der Waals surface area contributed by atoms with Crippen molar-refractivity contribution in [3.05, 3.63) is 65.1 Å². The van der Waals surface area contributed by atoms with E-state index < -0.39 is 17.7 Å². The minimum Gasteiger partial charge on any atom is -0.505 e. The lowest BCUT2D eigenvalue weighted by molar-refractivity contribution is -0.140. The molecular formula is C31H38N4O6. The number of ketones is 1. The van der Waals surface area contributed by atoms with Crippen LogP contribution in [-0.2, 0) is 14.3 Å². The number of morpholine rings is 1. The van der Waals surface area contributed by atoms with Gasteiger partial charge in [0.15, 0.2) is 17.3 Å². The molecule has 10 heteroatoms. The van der Waals surface area contributed by atoms with Gasteiger partial charge in [-0.1, -0.05) is 19.1 Å². The predicted molar refractivity (Wildman–Crippen MR) is 154 cm³/mol. The normalized spacial score (nSPS) is 19.3. The van der Waals surface area contributed by atoms with E-state index in [0.717, 1.165) is 26.1 Å². The Labute approximate surface area is 240 Å². The third-order valence-electron chi connectivity index (χ3n) is 7.49. The maximum Gasteiger partial charge on any atom is 0.295 e. The zero-order valence-electron chi connectivity index (χ0n) is 24.0. The SMILES string of the molecule is CCCOc1ccc(C2/C(=C(\O)c3c(C)nc4ccccn34)C(=O)C(=O)N2CCCN2CCOCC2)cc1OCC. The molecule has 0 radical (unpaired) electrons. The van der Waals surface area contributed by atoms with Crippen LogP contribution in [0.1, 0.15) is 49.7 Å². The molecule has 2 aliphatic heterocycles. The van der Waals surface area contributed by atoms with Gasteiger partial charge in [-0.3, -0.25) is 18.9 Å². The fourth-order valence-electron chi connectivity index (χ4n) is 5.57. The van der Waals surface area contributed by atoms with Crippen LogP contribution in [0.2, 0.25) is 0 Å². The number of likely N-dealkylation sites (tertiary alicyclic amines) is 1. The number of hydrogen-bond donors (Lipinski definition) is 1. The molecule has 0 bridgehead atoms. The number of pyridine rings is 1. The summed E-state index contributed by atoms with van der Waals surface area (Å²) in [6, 6.07) is 10.2. The van der Waals surface area contributed by atoms with Gasteiger partial charge >= 0.3 is 0 Å². The van der Waals surface area contributed by atoms with Crippen LogP contribution in [0.15, 0.2) is 48.2 Å². The molecule has 10 nitrogen and oxygen atoms in total. The first-order valence-electron chi connectivity index (χ1n) is 14.4. The number of ether oxygens (including phenoxy) is 3. The van der Waals surface area contributed by atoms with Crippen molar-refractivity contribution >= 4 is 23.1 Å². The number of nitrogens with zero attached hydrogens (tertiary/aromatic N) is 4. The Bertz CT molecular complexity index is 1440. The average Bonchev–Trinajstić information content (AvgIpc) is 3.45. The number of aliphatic hydroxyl groups is 1. The molecule has 4 heterocycles. The average molecular weight is 563 g/mol. The van der Waals surface area contributed by atoms with E-state index in [4.69, 9.17) is 14.2 Å². The van der Waals surface area contributed by atoms with Crippen molar-refractivity contribution in [2.45, 2.75) is 39.7 Å². The highest BCUT2D eigenvalue weighted by atomic mass is 16.5. The first kappa shape index (κ1) is 28.6. The molecule has 2 saturated heterocycles. The molecule has 1 unspecified atom stereocenters. The van der Waals surface area contributed by atoms with Gasteiger partial charge in [0.25, 0.3) is 11.7 Å².